The van der Waals surface area contributed by atoms with E-state index in [1.807, 2.05) is 24.3 Å². The second kappa shape index (κ2) is 8.32. The van der Waals surface area contributed by atoms with Gasteiger partial charge in [-0.15, -0.1) is 0 Å². The molecule has 0 spiro atoms. The van der Waals surface area contributed by atoms with Crippen molar-refractivity contribution >= 4 is 11.9 Å². The van der Waals surface area contributed by atoms with Crippen LogP contribution in [0.2, 0.25) is 0 Å². The number of rotatable bonds is 8. The van der Waals surface area contributed by atoms with Crippen LogP contribution < -0.4 is 5.32 Å². The van der Waals surface area contributed by atoms with Crippen LogP contribution in [0.5, 0.6) is 0 Å². The van der Waals surface area contributed by atoms with E-state index in [0.717, 1.165) is 24.8 Å². The van der Waals surface area contributed by atoms with E-state index in [2.05, 4.69) is 12.2 Å². The molecule has 3 N–H and O–H groups in total. The van der Waals surface area contributed by atoms with Crippen molar-refractivity contribution in [3.05, 3.63) is 35.4 Å². The van der Waals surface area contributed by atoms with Gasteiger partial charge >= 0.3 is 5.97 Å². The van der Waals surface area contributed by atoms with Crippen molar-refractivity contribution in [3.63, 3.8) is 0 Å². The molecule has 1 aromatic rings. The van der Waals surface area contributed by atoms with Crippen molar-refractivity contribution in [2.24, 2.45) is 0 Å². The average Bonchev–Trinajstić information content (AvgIpc) is 2.44. The summed E-state index contributed by atoms with van der Waals surface area (Å²) in [5.74, 6) is -1.64. The molecule has 1 rings (SSSR count). The first-order chi connectivity index (χ1) is 9.52. The average molecular weight is 279 g/mol. The van der Waals surface area contributed by atoms with Crippen LogP contribution in [0.3, 0.4) is 0 Å². The quantitative estimate of drug-likeness (QED) is 0.666. The molecule has 0 saturated carbocycles. The highest BCUT2D eigenvalue weighted by atomic mass is 16.4. The maximum atomic E-state index is 11.6. The first-order valence-corrected chi connectivity index (χ1v) is 6.78. The Hall–Kier alpha value is -1.88. The molecule has 110 valence electrons. The van der Waals surface area contributed by atoms with Gasteiger partial charge in [-0.1, -0.05) is 37.6 Å². The normalized spacial score (nSPS) is 11.9. The molecule has 0 saturated heterocycles. The van der Waals surface area contributed by atoms with Gasteiger partial charge in [-0.25, -0.2) is 4.79 Å². The maximum absolute atomic E-state index is 11.6. The number of aliphatic carboxylic acids is 1. The molecular formula is C15H21NO4. The molecule has 1 amide bonds. The minimum Gasteiger partial charge on any atom is -0.479 e. The Morgan fingerprint density at radius 1 is 1.20 bits per heavy atom. The van der Waals surface area contributed by atoms with Crippen LogP contribution in [0.4, 0.5) is 0 Å². The monoisotopic (exact) mass is 279 g/mol. The second-order valence-corrected chi connectivity index (χ2v) is 4.75. The summed E-state index contributed by atoms with van der Waals surface area (Å²) in [7, 11) is 0. The van der Waals surface area contributed by atoms with Crippen molar-refractivity contribution in [2.75, 3.05) is 6.54 Å². The molecule has 0 radical (unpaired) electrons. The summed E-state index contributed by atoms with van der Waals surface area (Å²) < 4.78 is 0. The minimum absolute atomic E-state index is 0.181. The molecular weight excluding hydrogens is 258 g/mol. The third kappa shape index (κ3) is 5.84. The highest BCUT2D eigenvalue weighted by Gasteiger charge is 2.14. The van der Waals surface area contributed by atoms with E-state index < -0.39 is 12.1 Å². The number of aryl methyl sites for hydroxylation is 1. The molecule has 20 heavy (non-hydrogen) atoms. The van der Waals surface area contributed by atoms with E-state index in [9.17, 15) is 9.59 Å². The molecule has 0 heterocycles. The molecule has 0 aliphatic rings. The van der Waals surface area contributed by atoms with E-state index >= 15 is 0 Å². The zero-order valence-electron chi connectivity index (χ0n) is 11.6. The Kier molecular flexibility index (Phi) is 6.73. The number of aliphatic hydroxyl groups excluding tert-OH is 1. The molecule has 0 fully saturated rings. The lowest BCUT2D eigenvalue weighted by atomic mass is 10.0. The molecule has 1 atom stereocenters. The predicted octanol–water partition coefficient (Wildman–Crippen LogP) is 1.13. The molecule has 5 heteroatoms. The maximum Gasteiger partial charge on any atom is 0.334 e. The lowest BCUT2D eigenvalue weighted by Crippen LogP contribution is -2.37. The molecule has 5 nitrogen and oxygen atoms in total. The number of benzene rings is 1. The summed E-state index contributed by atoms with van der Waals surface area (Å²) in [5.41, 5.74) is 2.12. The third-order valence-electron chi connectivity index (χ3n) is 2.98. The number of hydrogen-bond acceptors (Lipinski definition) is 3. The topological polar surface area (TPSA) is 86.6 Å². The van der Waals surface area contributed by atoms with E-state index in [1.165, 1.54) is 5.56 Å². The summed E-state index contributed by atoms with van der Waals surface area (Å²) in [6.45, 7) is 1.87. The Morgan fingerprint density at radius 3 is 2.35 bits per heavy atom. The van der Waals surface area contributed by atoms with Crippen LogP contribution in [0.25, 0.3) is 0 Å². The first-order valence-electron chi connectivity index (χ1n) is 6.78. The van der Waals surface area contributed by atoms with Crippen molar-refractivity contribution in [1.82, 2.24) is 5.32 Å². The zero-order valence-corrected chi connectivity index (χ0v) is 11.6. The van der Waals surface area contributed by atoms with Crippen LogP contribution in [0.1, 0.15) is 30.9 Å². The van der Waals surface area contributed by atoms with Gasteiger partial charge in [-0.2, -0.15) is 0 Å². The van der Waals surface area contributed by atoms with Gasteiger partial charge in [0.15, 0.2) is 6.10 Å². The number of carboxylic acids is 1. The van der Waals surface area contributed by atoms with Gasteiger partial charge in [-0.3, -0.25) is 4.79 Å². The highest BCUT2D eigenvalue weighted by Crippen LogP contribution is 2.08. The van der Waals surface area contributed by atoms with E-state index in [4.69, 9.17) is 10.2 Å². The molecule has 0 aliphatic heterocycles. The molecule has 0 bridgehead atoms. The van der Waals surface area contributed by atoms with Crippen LogP contribution in [-0.4, -0.2) is 34.7 Å². The number of nitrogens with one attached hydrogen (secondary N) is 1. The number of carboxylic acid groups (broad SMARTS) is 1. The Balaban J connectivity index is 2.40. The van der Waals surface area contributed by atoms with E-state index in [1.54, 1.807) is 0 Å². The van der Waals surface area contributed by atoms with Crippen LogP contribution in [0.15, 0.2) is 24.3 Å². The summed E-state index contributed by atoms with van der Waals surface area (Å²) in [6, 6.07) is 7.81. The molecule has 1 aromatic carbocycles. The van der Waals surface area contributed by atoms with Gasteiger partial charge in [0.1, 0.15) is 0 Å². The van der Waals surface area contributed by atoms with Crippen molar-refractivity contribution in [2.45, 2.75) is 38.7 Å². The number of amides is 1. The largest absolute Gasteiger partial charge is 0.479 e. The molecule has 0 aliphatic carbocycles. The molecule has 0 aromatic heterocycles. The van der Waals surface area contributed by atoms with Gasteiger partial charge in [0.05, 0.1) is 13.0 Å². The summed E-state index contributed by atoms with van der Waals surface area (Å²) in [5, 5.41) is 19.9. The lowest BCUT2D eigenvalue weighted by Gasteiger charge is -2.08. The van der Waals surface area contributed by atoms with Crippen molar-refractivity contribution in [1.29, 1.82) is 0 Å². The minimum atomic E-state index is -1.56. The van der Waals surface area contributed by atoms with Gasteiger partial charge in [0.2, 0.25) is 5.91 Å². The van der Waals surface area contributed by atoms with Crippen LogP contribution in [0, 0.1) is 0 Å². The summed E-state index contributed by atoms with van der Waals surface area (Å²) in [4.78, 5) is 22.0. The van der Waals surface area contributed by atoms with Crippen molar-refractivity contribution < 1.29 is 19.8 Å². The first kappa shape index (κ1) is 16.2. The van der Waals surface area contributed by atoms with E-state index in [0.29, 0.717) is 0 Å². The van der Waals surface area contributed by atoms with Crippen LogP contribution >= 0.6 is 0 Å². The Bertz CT molecular complexity index is 442. The standard InChI is InChI=1S/C15H21NO4/c1-2-3-4-11-5-7-12(8-6-11)9-14(18)16-10-13(17)15(19)20/h5-8,13,17H,2-4,9-10H2,1H3,(H,16,18)(H,19,20). The van der Waals surface area contributed by atoms with Gasteiger partial charge in [0.25, 0.3) is 0 Å². The fraction of sp³-hybridized carbons (Fsp3) is 0.467. The number of carbonyl (C=O) groups excluding carboxylic acids is 1. The predicted molar refractivity (Wildman–Crippen MR) is 75.4 cm³/mol. The van der Waals surface area contributed by atoms with Crippen molar-refractivity contribution in [3.8, 4) is 0 Å². The fourth-order valence-electron chi connectivity index (χ4n) is 1.75. The molecule has 1 unspecified atom stereocenters. The number of aliphatic hydroxyl groups is 1. The van der Waals surface area contributed by atoms with Gasteiger partial charge < -0.3 is 15.5 Å². The van der Waals surface area contributed by atoms with Crippen LogP contribution in [-0.2, 0) is 22.4 Å². The number of unbranched alkanes of at least 4 members (excludes halogenated alkanes) is 1. The summed E-state index contributed by atoms with van der Waals surface area (Å²) >= 11 is 0. The fourth-order valence-corrected chi connectivity index (χ4v) is 1.75. The SMILES string of the molecule is CCCCc1ccc(CC(=O)NCC(O)C(=O)O)cc1. The highest BCUT2D eigenvalue weighted by molar-refractivity contribution is 5.79. The summed E-state index contributed by atoms with van der Waals surface area (Å²) in [6.07, 6.45) is 1.95. The Labute approximate surface area is 118 Å². The zero-order chi connectivity index (χ0) is 15.0. The van der Waals surface area contributed by atoms with Gasteiger partial charge in [-0.05, 0) is 24.0 Å². The lowest BCUT2D eigenvalue weighted by molar-refractivity contribution is -0.146. The smallest absolute Gasteiger partial charge is 0.334 e. The number of carbonyl (C=O) groups is 2. The number of hydrogen-bond donors (Lipinski definition) is 3. The Morgan fingerprint density at radius 2 is 1.80 bits per heavy atom. The van der Waals surface area contributed by atoms with Gasteiger partial charge in [0, 0.05) is 0 Å². The van der Waals surface area contributed by atoms with E-state index in [-0.39, 0.29) is 18.9 Å². The second-order valence-electron chi connectivity index (χ2n) is 4.75. The third-order valence-corrected chi connectivity index (χ3v) is 2.98.